The Labute approximate surface area is 279 Å². The lowest BCUT2D eigenvalue weighted by Gasteiger charge is -2.49. The second kappa shape index (κ2) is 10.5. The van der Waals surface area contributed by atoms with E-state index in [0.717, 1.165) is 21.9 Å². The molecule has 3 fully saturated rings. The van der Waals surface area contributed by atoms with Crippen molar-refractivity contribution in [2.75, 3.05) is 9.80 Å². The fourth-order valence-corrected chi connectivity index (χ4v) is 8.88. The highest BCUT2D eigenvalue weighted by molar-refractivity contribution is 6.32. The molecule has 0 spiro atoms. The number of amides is 4. The van der Waals surface area contributed by atoms with E-state index in [2.05, 4.69) is 0 Å². The average Bonchev–Trinajstić information content (AvgIpc) is 3.43. The number of rotatable bonds is 3. The van der Waals surface area contributed by atoms with Crippen LogP contribution < -0.4 is 9.80 Å². The van der Waals surface area contributed by atoms with Crippen molar-refractivity contribution < 1.29 is 28.7 Å². The van der Waals surface area contributed by atoms with Crippen molar-refractivity contribution in [1.29, 1.82) is 0 Å². The Morgan fingerprint density at radius 1 is 0.830 bits per heavy atom. The van der Waals surface area contributed by atoms with E-state index in [1.165, 1.54) is 17.0 Å². The van der Waals surface area contributed by atoms with Gasteiger partial charge in [-0.2, -0.15) is 0 Å². The van der Waals surface area contributed by atoms with Crippen LogP contribution in [0.3, 0.4) is 0 Å². The molecule has 7 nitrogen and oxygen atoms in total. The van der Waals surface area contributed by atoms with Crippen molar-refractivity contribution in [3.8, 4) is 5.75 Å². The Balaban J connectivity index is 1.30. The molecule has 236 valence electrons. The van der Waals surface area contributed by atoms with E-state index in [0.29, 0.717) is 21.7 Å². The molecular formula is C37H27Cl2FN2O5. The van der Waals surface area contributed by atoms with Crippen LogP contribution in [0.4, 0.5) is 15.8 Å². The minimum atomic E-state index is -1.38. The van der Waals surface area contributed by atoms with Crippen LogP contribution in [-0.2, 0) is 19.2 Å². The Hall–Kier alpha value is -4.53. The fourth-order valence-electron chi connectivity index (χ4n) is 8.58. The molecule has 4 aromatic rings. The lowest BCUT2D eigenvalue weighted by atomic mass is 9.51. The highest BCUT2D eigenvalue weighted by atomic mass is 35.5. The predicted octanol–water partition coefficient (Wildman–Crippen LogP) is 7.43. The number of phenolic OH excluding ortho intramolecular Hbond substituents is 1. The first kappa shape index (κ1) is 29.8. The molecule has 8 rings (SSSR count). The predicted molar refractivity (Wildman–Crippen MR) is 176 cm³/mol. The number of fused-ring (bicyclic) bond motifs is 5. The highest BCUT2D eigenvalue weighted by Crippen LogP contribution is 2.64. The fraction of sp³-hybridized carbons (Fsp3) is 0.243. The van der Waals surface area contributed by atoms with Gasteiger partial charge in [-0.25, -0.2) is 9.29 Å². The number of imide groups is 2. The number of aromatic hydroxyl groups is 1. The van der Waals surface area contributed by atoms with Crippen LogP contribution in [0, 0.1) is 34.9 Å². The van der Waals surface area contributed by atoms with Crippen molar-refractivity contribution >= 4 is 69.0 Å². The molecule has 0 aromatic heterocycles. The first-order chi connectivity index (χ1) is 22.5. The van der Waals surface area contributed by atoms with Crippen molar-refractivity contribution in [2.24, 2.45) is 29.1 Å². The average molecular weight is 670 g/mol. The Bertz CT molecular complexity index is 2100. The molecule has 6 unspecified atom stereocenters. The summed E-state index contributed by atoms with van der Waals surface area (Å²) in [5, 5.41) is 13.4. The molecule has 0 radical (unpaired) electrons. The van der Waals surface area contributed by atoms with Crippen molar-refractivity contribution in [3.63, 3.8) is 0 Å². The standard InChI is InChI=1S/C37H27Cl2FN2O5/c1-37-27(34(45)42(36(37)47)21-11-15-29(40)28(39)16-21)17-26-23(31(37)25-12-6-18-4-2-3-5-22(18)32(25)43)13-14-24-30(26)35(46)41(33(24)44)20-9-7-19(38)8-10-20/h2-13,15-16,24,26-27,30-31,43H,14,17H2,1H3. The van der Waals surface area contributed by atoms with Crippen molar-refractivity contribution in [2.45, 2.75) is 25.7 Å². The maximum Gasteiger partial charge on any atom is 0.241 e. The zero-order valence-electron chi connectivity index (χ0n) is 25.0. The van der Waals surface area contributed by atoms with Gasteiger partial charge in [0.2, 0.25) is 23.6 Å². The van der Waals surface area contributed by atoms with E-state index in [-0.39, 0.29) is 41.1 Å². The SMILES string of the molecule is CC12C(=O)N(c3ccc(F)c(Cl)c3)C(=O)C1CC1C(=CCC3C(=O)N(c4ccc(Cl)cc4)C(=O)C31)C2c1ccc2ccccc2c1O. The number of anilines is 2. The third kappa shape index (κ3) is 4.10. The van der Waals surface area contributed by atoms with Gasteiger partial charge in [0, 0.05) is 21.9 Å². The van der Waals surface area contributed by atoms with Crippen molar-refractivity contribution in [1.82, 2.24) is 0 Å². The number of benzene rings is 4. The summed E-state index contributed by atoms with van der Waals surface area (Å²) in [4.78, 5) is 59.3. The zero-order chi connectivity index (χ0) is 32.9. The van der Waals surface area contributed by atoms with Crippen LogP contribution in [0.15, 0.2) is 90.5 Å². The molecule has 2 heterocycles. The molecule has 2 aliphatic carbocycles. The Morgan fingerprint density at radius 2 is 1.55 bits per heavy atom. The molecule has 4 amide bonds. The van der Waals surface area contributed by atoms with E-state index in [1.807, 2.05) is 30.3 Å². The smallest absolute Gasteiger partial charge is 0.241 e. The molecular weight excluding hydrogens is 642 g/mol. The summed E-state index contributed by atoms with van der Waals surface area (Å²) in [5.74, 6) is -6.12. The molecule has 1 saturated carbocycles. The van der Waals surface area contributed by atoms with Crippen LogP contribution in [0.25, 0.3) is 10.8 Å². The third-order valence-corrected chi connectivity index (χ3v) is 11.3. The molecule has 2 saturated heterocycles. The van der Waals surface area contributed by atoms with E-state index in [4.69, 9.17) is 23.2 Å². The number of halogens is 3. The number of hydrogen-bond acceptors (Lipinski definition) is 5. The lowest BCUT2D eigenvalue weighted by Crippen LogP contribution is -2.48. The number of carbonyl (C=O) groups is 4. The van der Waals surface area contributed by atoms with Gasteiger partial charge in [0.15, 0.2) is 0 Å². The second-order valence-corrected chi connectivity index (χ2v) is 13.8. The summed E-state index contributed by atoms with van der Waals surface area (Å²) in [6, 6.07) is 21.2. The van der Waals surface area contributed by atoms with Gasteiger partial charge in [-0.05, 0) is 73.5 Å². The minimum absolute atomic E-state index is 0.0168. The molecule has 4 aromatic carbocycles. The summed E-state index contributed by atoms with van der Waals surface area (Å²) in [6.07, 6.45) is 2.33. The topological polar surface area (TPSA) is 95.0 Å². The number of nitrogens with zero attached hydrogens (tertiary/aromatic N) is 2. The normalized spacial score (nSPS) is 28.4. The maximum absolute atomic E-state index is 14.6. The monoisotopic (exact) mass is 668 g/mol. The molecule has 6 atom stereocenters. The quantitative estimate of drug-likeness (QED) is 0.181. The number of carbonyl (C=O) groups excluding carboxylic acids is 4. The van der Waals surface area contributed by atoms with Gasteiger partial charge in [0.05, 0.1) is 39.6 Å². The number of allylic oxidation sites excluding steroid dienone is 2. The van der Waals surface area contributed by atoms with Gasteiger partial charge < -0.3 is 5.11 Å². The summed E-state index contributed by atoms with van der Waals surface area (Å²) in [6.45, 7) is 1.73. The largest absolute Gasteiger partial charge is 0.507 e. The van der Waals surface area contributed by atoms with Gasteiger partial charge >= 0.3 is 0 Å². The van der Waals surface area contributed by atoms with Crippen LogP contribution in [-0.4, -0.2) is 28.7 Å². The minimum Gasteiger partial charge on any atom is -0.507 e. The lowest BCUT2D eigenvalue weighted by molar-refractivity contribution is -0.131. The summed E-state index contributed by atoms with van der Waals surface area (Å²) in [5.41, 5.74) is 0.372. The Kier molecular flexibility index (Phi) is 6.66. The summed E-state index contributed by atoms with van der Waals surface area (Å²) in [7, 11) is 0. The first-order valence-electron chi connectivity index (χ1n) is 15.4. The Morgan fingerprint density at radius 3 is 2.30 bits per heavy atom. The van der Waals surface area contributed by atoms with E-state index < -0.39 is 52.6 Å². The van der Waals surface area contributed by atoms with Gasteiger partial charge in [-0.1, -0.05) is 71.2 Å². The number of phenols is 1. The van der Waals surface area contributed by atoms with Crippen LogP contribution in [0.1, 0.15) is 31.2 Å². The highest BCUT2D eigenvalue weighted by Gasteiger charge is 2.68. The van der Waals surface area contributed by atoms with Crippen molar-refractivity contribution in [3.05, 3.63) is 112 Å². The van der Waals surface area contributed by atoms with Gasteiger partial charge in [-0.15, -0.1) is 0 Å². The summed E-state index contributed by atoms with van der Waals surface area (Å²) < 4.78 is 14.1. The van der Waals surface area contributed by atoms with Crippen LogP contribution in [0.5, 0.6) is 5.75 Å². The third-order valence-electron chi connectivity index (χ3n) is 10.8. The molecule has 2 aliphatic heterocycles. The van der Waals surface area contributed by atoms with Crippen LogP contribution >= 0.6 is 23.2 Å². The van der Waals surface area contributed by atoms with Gasteiger partial charge in [-0.3, -0.25) is 24.1 Å². The van der Waals surface area contributed by atoms with E-state index >= 15 is 0 Å². The van der Waals surface area contributed by atoms with E-state index in [9.17, 15) is 28.7 Å². The van der Waals surface area contributed by atoms with Gasteiger partial charge in [0.25, 0.3) is 0 Å². The van der Waals surface area contributed by atoms with Crippen LogP contribution in [0.2, 0.25) is 10.0 Å². The first-order valence-corrected chi connectivity index (χ1v) is 16.1. The molecule has 47 heavy (non-hydrogen) atoms. The number of hydrogen-bond donors (Lipinski definition) is 1. The molecule has 4 aliphatic rings. The molecule has 0 bridgehead atoms. The summed E-state index contributed by atoms with van der Waals surface area (Å²) >= 11 is 12.2. The molecule has 10 heteroatoms. The second-order valence-electron chi connectivity index (χ2n) is 13.0. The maximum atomic E-state index is 14.6. The van der Waals surface area contributed by atoms with Gasteiger partial charge in [0.1, 0.15) is 11.6 Å². The molecule has 1 N–H and O–H groups in total. The zero-order valence-corrected chi connectivity index (χ0v) is 26.5. The van der Waals surface area contributed by atoms with E-state index in [1.54, 1.807) is 43.3 Å².